The van der Waals surface area contributed by atoms with Gasteiger partial charge in [-0.15, -0.1) is 0 Å². The lowest BCUT2D eigenvalue weighted by Gasteiger charge is -2.50. The van der Waals surface area contributed by atoms with Crippen LogP contribution >= 0.6 is 0 Å². The summed E-state index contributed by atoms with van der Waals surface area (Å²) in [5.74, 6) is 0. The van der Waals surface area contributed by atoms with E-state index in [1.54, 1.807) is 12.1 Å². The van der Waals surface area contributed by atoms with Crippen LogP contribution in [0.2, 0.25) is 19.6 Å². The molecule has 5 nitrogen and oxygen atoms in total. The van der Waals surface area contributed by atoms with E-state index >= 15 is 0 Å². The van der Waals surface area contributed by atoms with Gasteiger partial charge in [0.1, 0.15) is 0 Å². The molecule has 1 rings (SSSR count). The maximum atomic E-state index is 9.16. The van der Waals surface area contributed by atoms with Crippen molar-refractivity contribution in [3.05, 3.63) is 0 Å². The maximum absolute atomic E-state index is 9.16. The first-order valence-corrected chi connectivity index (χ1v) is 8.54. The molecule has 0 amide bonds. The van der Waals surface area contributed by atoms with Gasteiger partial charge >= 0.3 is 0 Å². The Labute approximate surface area is 102 Å². The predicted octanol–water partition coefficient (Wildman–Crippen LogP) is 1.68. The van der Waals surface area contributed by atoms with Crippen LogP contribution in [-0.2, 0) is 4.43 Å². The largest absolute Gasteiger partial charge is 0.412 e. The molecule has 17 heavy (non-hydrogen) atoms. The van der Waals surface area contributed by atoms with Crippen molar-refractivity contribution >= 4 is 8.32 Å². The van der Waals surface area contributed by atoms with Gasteiger partial charge in [0.2, 0.25) is 0 Å². The highest BCUT2D eigenvalue weighted by Gasteiger charge is 2.70. The van der Waals surface area contributed by atoms with Crippen LogP contribution in [0.5, 0.6) is 0 Å². The van der Waals surface area contributed by atoms with E-state index in [2.05, 4.69) is 0 Å². The monoisotopic (exact) mass is 244 g/mol. The van der Waals surface area contributed by atoms with E-state index in [1.807, 2.05) is 31.8 Å². The van der Waals surface area contributed by atoms with Gasteiger partial charge in [0.15, 0.2) is 19.1 Å². The Hall–Kier alpha value is -1.86. The number of rotatable bonds is 2. The molecule has 1 atom stereocenters. The standard InChI is InChI=1S/C11H12N4OSi/c1-17(2,3)16-9-4-10(5-12,6-13)11(9,7-14)8-15/h9H,4H2,1-3H3. The molecule has 1 aliphatic carbocycles. The van der Waals surface area contributed by atoms with Crippen molar-refractivity contribution in [2.24, 2.45) is 10.8 Å². The van der Waals surface area contributed by atoms with E-state index in [0.717, 1.165) is 0 Å². The third kappa shape index (κ3) is 1.69. The van der Waals surface area contributed by atoms with Crippen LogP contribution in [0.3, 0.4) is 0 Å². The molecule has 0 aromatic rings. The zero-order chi connectivity index (χ0) is 13.3. The molecular formula is C11H12N4OSi. The summed E-state index contributed by atoms with van der Waals surface area (Å²) in [5.41, 5.74) is -3.21. The quantitative estimate of drug-likeness (QED) is 0.687. The molecule has 6 heteroatoms. The molecule has 0 saturated heterocycles. The van der Waals surface area contributed by atoms with Crippen LogP contribution in [0.25, 0.3) is 0 Å². The van der Waals surface area contributed by atoms with Gasteiger partial charge in [0.05, 0.1) is 30.4 Å². The number of hydrogen-bond donors (Lipinski definition) is 0. The Morgan fingerprint density at radius 3 is 1.76 bits per heavy atom. The summed E-state index contributed by atoms with van der Waals surface area (Å²) in [5, 5.41) is 36.4. The number of nitriles is 4. The number of nitrogens with zero attached hydrogens (tertiary/aromatic N) is 4. The van der Waals surface area contributed by atoms with Crippen molar-refractivity contribution in [1.82, 2.24) is 0 Å². The van der Waals surface area contributed by atoms with E-state index in [4.69, 9.17) is 25.5 Å². The van der Waals surface area contributed by atoms with Gasteiger partial charge in [0.25, 0.3) is 0 Å². The molecule has 1 saturated carbocycles. The van der Waals surface area contributed by atoms with Crippen LogP contribution in [0.4, 0.5) is 0 Å². The average Bonchev–Trinajstić information content (AvgIpc) is 2.24. The second-order valence-electron chi connectivity index (χ2n) is 5.08. The zero-order valence-electron chi connectivity index (χ0n) is 9.98. The minimum atomic E-state index is -1.92. The summed E-state index contributed by atoms with van der Waals surface area (Å²) in [4.78, 5) is 0. The van der Waals surface area contributed by atoms with Gasteiger partial charge in [-0.05, 0) is 19.6 Å². The highest BCUT2D eigenvalue weighted by atomic mass is 28.4. The van der Waals surface area contributed by atoms with Gasteiger partial charge in [-0.1, -0.05) is 0 Å². The summed E-state index contributed by atoms with van der Waals surface area (Å²) < 4.78 is 5.72. The van der Waals surface area contributed by atoms with Crippen LogP contribution < -0.4 is 0 Å². The molecule has 0 N–H and O–H groups in total. The van der Waals surface area contributed by atoms with E-state index in [-0.39, 0.29) is 6.42 Å². The summed E-state index contributed by atoms with van der Waals surface area (Å²) in [6.07, 6.45) is -0.505. The average molecular weight is 244 g/mol. The Kier molecular flexibility index (Phi) is 3.00. The molecule has 0 spiro atoms. The van der Waals surface area contributed by atoms with Crippen LogP contribution in [0.15, 0.2) is 0 Å². The van der Waals surface area contributed by atoms with Crippen LogP contribution in [0, 0.1) is 56.2 Å². The van der Waals surface area contributed by atoms with Gasteiger partial charge in [-0.25, -0.2) is 0 Å². The van der Waals surface area contributed by atoms with Crippen molar-refractivity contribution in [3.8, 4) is 24.3 Å². The van der Waals surface area contributed by atoms with E-state index < -0.39 is 25.3 Å². The highest BCUT2D eigenvalue weighted by molar-refractivity contribution is 6.69. The summed E-state index contributed by atoms with van der Waals surface area (Å²) in [6, 6.07) is 7.25. The SMILES string of the molecule is C[Si](C)(C)OC1CC(C#N)(C#N)C1(C#N)C#N. The Morgan fingerprint density at radius 1 is 1.00 bits per heavy atom. The van der Waals surface area contributed by atoms with Crippen LogP contribution in [0.1, 0.15) is 6.42 Å². The van der Waals surface area contributed by atoms with Gasteiger partial charge in [-0.2, -0.15) is 21.0 Å². The summed E-state index contributed by atoms with van der Waals surface area (Å²) in [7, 11) is -1.92. The molecule has 86 valence electrons. The lowest BCUT2D eigenvalue weighted by Crippen LogP contribution is -2.62. The maximum Gasteiger partial charge on any atom is 0.200 e. The molecule has 1 aliphatic rings. The third-order valence-corrected chi connectivity index (χ3v) is 3.87. The Balaban J connectivity index is 3.15. The minimum absolute atomic E-state index is 0.130. The van der Waals surface area contributed by atoms with Gasteiger partial charge in [0, 0.05) is 6.42 Å². The molecule has 0 heterocycles. The normalized spacial score (nSPS) is 24.3. The molecule has 0 aliphatic heterocycles. The lowest BCUT2D eigenvalue weighted by molar-refractivity contribution is -0.0464. The van der Waals surface area contributed by atoms with Gasteiger partial charge < -0.3 is 4.43 Å². The fourth-order valence-corrected chi connectivity index (χ4v) is 3.06. The van der Waals surface area contributed by atoms with Crippen molar-refractivity contribution in [2.75, 3.05) is 0 Å². The van der Waals surface area contributed by atoms with Crippen molar-refractivity contribution in [3.63, 3.8) is 0 Å². The fourth-order valence-electron chi connectivity index (χ4n) is 1.95. The molecule has 0 aromatic carbocycles. The molecular weight excluding hydrogens is 232 g/mol. The summed E-state index contributed by atoms with van der Waals surface area (Å²) in [6.45, 7) is 5.81. The second-order valence-corrected chi connectivity index (χ2v) is 9.54. The topological polar surface area (TPSA) is 104 Å². The Morgan fingerprint density at radius 2 is 1.47 bits per heavy atom. The summed E-state index contributed by atoms with van der Waals surface area (Å²) >= 11 is 0. The highest BCUT2D eigenvalue weighted by Crippen LogP contribution is 2.57. The van der Waals surface area contributed by atoms with Crippen molar-refractivity contribution in [1.29, 1.82) is 21.0 Å². The predicted molar refractivity (Wildman–Crippen MR) is 60.2 cm³/mol. The fraction of sp³-hybridized carbons (Fsp3) is 0.636. The minimum Gasteiger partial charge on any atom is -0.412 e. The van der Waals surface area contributed by atoms with Crippen molar-refractivity contribution in [2.45, 2.75) is 32.2 Å². The third-order valence-electron chi connectivity index (χ3n) is 2.88. The molecule has 0 bridgehead atoms. The first kappa shape index (κ1) is 13.2. The zero-order valence-corrected chi connectivity index (χ0v) is 11.0. The molecule has 0 aromatic heterocycles. The van der Waals surface area contributed by atoms with Crippen molar-refractivity contribution < 1.29 is 4.43 Å². The lowest BCUT2D eigenvalue weighted by atomic mass is 9.50. The van der Waals surface area contributed by atoms with Gasteiger partial charge in [-0.3, -0.25) is 0 Å². The van der Waals surface area contributed by atoms with Crippen LogP contribution in [-0.4, -0.2) is 14.4 Å². The molecule has 0 radical (unpaired) electrons. The molecule has 1 fully saturated rings. The van der Waals surface area contributed by atoms with E-state index in [1.165, 1.54) is 0 Å². The Bertz CT molecular complexity index is 466. The number of hydrogen-bond acceptors (Lipinski definition) is 5. The molecule has 1 unspecified atom stereocenters. The van der Waals surface area contributed by atoms with E-state index in [9.17, 15) is 0 Å². The van der Waals surface area contributed by atoms with E-state index in [0.29, 0.717) is 0 Å². The first-order chi connectivity index (χ1) is 7.80. The smallest absolute Gasteiger partial charge is 0.200 e. The first-order valence-electron chi connectivity index (χ1n) is 5.13. The second kappa shape index (κ2) is 3.86.